The third-order valence-electron chi connectivity index (χ3n) is 6.14. The highest BCUT2D eigenvalue weighted by molar-refractivity contribution is 5.81. The lowest BCUT2D eigenvalue weighted by molar-refractivity contribution is -0.139. The first kappa shape index (κ1) is 22.4. The molecule has 1 amide bonds. The van der Waals surface area contributed by atoms with Crippen molar-refractivity contribution in [3.63, 3.8) is 0 Å². The zero-order valence-corrected chi connectivity index (χ0v) is 18.6. The summed E-state index contributed by atoms with van der Waals surface area (Å²) in [5, 5.41) is 12.0. The van der Waals surface area contributed by atoms with Gasteiger partial charge in [0.2, 0.25) is 0 Å². The van der Waals surface area contributed by atoms with Gasteiger partial charge < -0.3 is 19.6 Å². The zero-order valence-electron chi connectivity index (χ0n) is 18.6. The van der Waals surface area contributed by atoms with Crippen molar-refractivity contribution < 1.29 is 28.2 Å². The minimum atomic E-state index is -1.27. The molecule has 0 spiro atoms. The van der Waals surface area contributed by atoms with Crippen LogP contribution in [0.3, 0.4) is 0 Å². The van der Waals surface area contributed by atoms with Crippen LogP contribution in [0, 0.1) is 5.82 Å². The van der Waals surface area contributed by atoms with Gasteiger partial charge in [-0.2, -0.15) is 0 Å². The number of nitrogens with one attached hydrogen (secondary N) is 1. The summed E-state index contributed by atoms with van der Waals surface area (Å²) in [6.07, 6.45) is -0.950. The maximum atomic E-state index is 14.0. The number of fused-ring (bicyclic) bond motifs is 3. The van der Waals surface area contributed by atoms with Crippen molar-refractivity contribution >= 4 is 12.1 Å². The molecule has 3 aromatic carbocycles. The van der Waals surface area contributed by atoms with Gasteiger partial charge in [-0.25, -0.2) is 14.0 Å². The maximum absolute atomic E-state index is 14.0. The maximum Gasteiger partial charge on any atom is 0.407 e. The number of furan rings is 1. The third-order valence-corrected chi connectivity index (χ3v) is 6.14. The predicted molar refractivity (Wildman–Crippen MR) is 127 cm³/mol. The fourth-order valence-electron chi connectivity index (χ4n) is 4.48. The number of aliphatic carboxylic acids is 1. The van der Waals surface area contributed by atoms with E-state index < -0.39 is 23.9 Å². The molecule has 6 nitrogen and oxygen atoms in total. The number of halogens is 1. The summed E-state index contributed by atoms with van der Waals surface area (Å²) < 4.78 is 25.1. The van der Waals surface area contributed by atoms with Crippen LogP contribution in [-0.4, -0.2) is 29.8 Å². The Hall–Kier alpha value is -4.39. The van der Waals surface area contributed by atoms with Gasteiger partial charge in [-0.1, -0.05) is 60.7 Å². The average Bonchev–Trinajstić information content (AvgIpc) is 3.45. The molecular weight excluding hydrogens is 449 g/mol. The van der Waals surface area contributed by atoms with E-state index in [-0.39, 0.29) is 30.3 Å². The van der Waals surface area contributed by atoms with Gasteiger partial charge in [0.15, 0.2) is 0 Å². The van der Waals surface area contributed by atoms with E-state index in [0.29, 0.717) is 5.76 Å². The van der Waals surface area contributed by atoms with Gasteiger partial charge in [-0.3, -0.25) is 0 Å². The van der Waals surface area contributed by atoms with E-state index in [0.717, 1.165) is 22.3 Å². The third kappa shape index (κ3) is 4.53. The highest BCUT2D eigenvalue weighted by Gasteiger charge is 2.30. The predicted octanol–water partition coefficient (Wildman–Crippen LogP) is 5.62. The first-order valence-corrected chi connectivity index (χ1v) is 11.2. The molecule has 7 heteroatoms. The number of amides is 1. The summed E-state index contributed by atoms with van der Waals surface area (Å²) in [6, 6.07) is 23.9. The molecular formula is C28H22FNO5. The molecule has 0 saturated heterocycles. The second-order valence-corrected chi connectivity index (χ2v) is 8.31. The Bertz CT molecular complexity index is 1350. The van der Waals surface area contributed by atoms with E-state index in [1.165, 1.54) is 6.07 Å². The molecule has 1 unspecified atom stereocenters. The molecule has 5 rings (SSSR count). The zero-order chi connectivity index (χ0) is 24.4. The monoisotopic (exact) mass is 471 g/mol. The average molecular weight is 471 g/mol. The second-order valence-electron chi connectivity index (χ2n) is 8.31. The van der Waals surface area contributed by atoms with Gasteiger partial charge in [-0.05, 0) is 46.5 Å². The molecule has 1 atom stereocenters. The van der Waals surface area contributed by atoms with E-state index in [1.807, 2.05) is 48.5 Å². The van der Waals surface area contributed by atoms with Crippen LogP contribution in [0.25, 0.3) is 22.5 Å². The number of ether oxygens (including phenoxy) is 1. The Morgan fingerprint density at radius 3 is 2.11 bits per heavy atom. The quantitative estimate of drug-likeness (QED) is 0.365. The number of carbonyl (C=O) groups is 2. The molecule has 1 aromatic heterocycles. The lowest BCUT2D eigenvalue weighted by Crippen LogP contribution is -2.42. The van der Waals surface area contributed by atoms with Crippen LogP contribution in [0.15, 0.2) is 89.3 Å². The van der Waals surface area contributed by atoms with Gasteiger partial charge in [0.1, 0.15) is 30.0 Å². The van der Waals surface area contributed by atoms with Crippen LogP contribution in [-0.2, 0) is 16.0 Å². The number of carboxylic acids is 1. The van der Waals surface area contributed by atoms with Crippen molar-refractivity contribution in [1.82, 2.24) is 5.32 Å². The SMILES string of the molecule is O=C(NC(Cc1ccc(-c2ccccc2F)o1)C(=O)O)OCC1c2ccccc2-c2ccccc21. The number of rotatable bonds is 7. The molecule has 35 heavy (non-hydrogen) atoms. The molecule has 4 aromatic rings. The van der Waals surface area contributed by atoms with Gasteiger partial charge in [0.25, 0.3) is 0 Å². The van der Waals surface area contributed by atoms with Crippen molar-refractivity contribution in [3.05, 3.63) is 108 Å². The van der Waals surface area contributed by atoms with E-state index in [9.17, 15) is 19.1 Å². The number of carboxylic acid groups (broad SMARTS) is 1. The van der Waals surface area contributed by atoms with E-state index in [2.05, 4.69) is 5.32 Å². The summed E-state index contributed by atoms with van der Waals surface area (Å²) in [7, 11) is 0. The number of hydrogen-bond acceptors (Lipinski definition) is 4. The minimum Gasteiger partial charge on any atom is -0.480 e. The molecule has 1 aliphatic rings. The summed E-state index contributed by atoms with van der Waals surface area (Å²) in [6.45, 7) is 0.0738. The van der Waals surface area contributed by atoms with Gasteiger partial charge in [0.05, 0.1) is 5.56 Å². The summed E-state index contributed by atoms with van der Waals surface area (Å²) >= 11 is 0. The molecule has 0 aliphatic heterocycles. The normalized spacial score (nSPS) is 13.1. The van der Waals surface area contributed by atoms with Crippen LogP contribution in [0.1, 0.15) is 22.8 Å². The van der Waals surface area contributed by atoms with Crippen LogP contribution >= 0.6 is 0 Å². The highest BCUT2D eigenvalue weighted by Crippen LogP contribution is 2.44. The Morgan fingerprint density at radius 2 is 1.49 bits per heavy atom. The van der Waals surface area contributed by atoms with Crippen LogP contribution in [0.4, 0.5) is 9.18 Å². The van der Waals surface area contributed by atoms with Crippen LogP contribution < -0.4 is 5.32 Å². The number of alkyl carbamates (subject to hydrolysis) is 1. The number of carbonyl (C=O) groups excluding carboxylic acids is 1. The fourth-order valence-corrected chi connectivity index (χ4v) is 4.48. The molecule has 0 bridgehead atoms. The van der Waals surface area contributed by atoms with Crippen molar-refractivity contribution in [2.75, 3.05) is 6.61 Å². The molecule has 1 aliphatic carbocycles. The molecule has 0 saturated carbocycles. The van der Waals surface area contributed by atoms with E-state index in [4.69, 9.17) is 9.15 Å². The van der Waals surface area contributed by atoms with Crippen molar-refractivity contribution in [2.24, 2.45) is 0 Å². The van der Waals surface area contributed by atoms with Crippen molar-refractivity contribution in [1.29, 1.82) is 0 Å². The standard InChI is InChI=1S/C28H22FNO5/c29-24-12-6-5-11-22(24)26-14-13-17(35-26)15-25(27(31)32)30-28(33)34-16-23-20-9-3-1-7-18(20)19-8-2-4-10-21(19)23/h1-14,23,25H,15-16H2,(H,30,33)(H,31,32). The molecule has 176 valence electrons. The molecule has 2 N–H and O–H groups in total. The van der Waals surface area contributed by atoms with E-state index >= 15 is 0 Å². The smallest absolute Gasteiger partial charge is 0.407 e. The summed E-state index contributed by atoms with van der Waals surface area (Å²) in [5.74, 6) is -1.23. The van der Waals surface area contributed by atoms with E-state index in [1.54, 1.807) is 30.3 Å². The highest BCUT2D eigenvalue weighted by atomic mass is 19.1. The molecule has 0 radical (unpaired) electrons. The van der Waals surface area contributed by atoms with Gasteiger partial charge >= 0.3 is 12.1 Å². The topological polar surface area (TPSA) is 88.8 Å². The first-order valence-electron chi connectivity index (χ1n) is 11.2. The number of benzene rings is 3. The first-order chi connectivity index (χ1) is 17.0. The molecule has 0 fully saturated rings. The summed E-state index contributed by atoms with van der Waals surface area (Å²) in [4.78, 5) is 24.3. The van der Waals surface area contributed by atoms with Crippen LogP contribution in [0.5, 0.6) is 0 Å². The van der Waals surface area contributed by atoms with Crippen molar-refractivity contribution in [2.45, 2.75) is 18.4 Å². The number of hydrogen-bond donors (Lipinski definition) is 2. The minimum absolute atomic E-state index is 0.0738. The van der Waals surface area contributed by atoms with Crippen LogP contribution in [0.2, 0.25) is 0 Å². The summed E-state index contributed by atoms with van der Waals surface area (Å²) in [5.41, 5.74) is 4.60. The fraction of sp³-hybridized carbons (Fsp3) is 0.143. The Labute approximate surface area is 201 Å². The van der Waals surface area contributed by atoms with Gasteiger partial charge in [0, 0.05) is 12.3 Å². The second kappa shape index (κ2) is 9.46. The lowest BCUT2D eigenvalue weighted by atomic mass is 9.98. The Kier molecular flexibility index (Phi) is 6.06. The molecule has 1 heterocycles. The Morgan fingerprint density at radius 1 is 0.886 bits per heavy atom. The largest absolute Gasteiger partial charge is 0.480 e. The van der Waals surface area contributed by atoms with Gasteiger partial charge in [-0.15, -0.1) is 0 Å². The van der Waals surface area contributed by atoms with Crippen molar-refractivity contribution in [3.8, 4) is 22.5 Å². The lowest BCUT2D eigenvalue weighted by Gasteiger charge is -2.17. The Balaban J connectivity index is 1.25.